The average molecular weight is 277 g/mol. The summed E-state index contributed by atoms with van der Waals surface area (Å²) in [6.45, 7) is 5.16. The van der Waals surface area contributed by atoms with E-state index in [1.165, 1.54) is 23.5 Å². The zero-order valence-corrected chi connectivity index (χ0v) is 12.4. The summed E-state index contributed by atoms with van der Waals surface area (Å²) in [5.74, 6) is 2.67. The van der Waals surface area contributed by atoms with E-state index >= 15 is 0 Å². The molecule has 2 unspecified atom stereocenters. The van der Waals surface area contributed by atoms with Crippen molar-refractivity contribution < 1.29 is 4.74 Å². The molecule has 0 spiro atoms. The van der Waals surface area contributed by atoms with E-state index in [4.69, 9.17) is 4.74 Å². The zero-order chi connectivity index (χ0) is 13.1. The van der Waals surface area contributed by atoms with Crippen LogP contribution in [0, 0.1) is 5.92 Å². The molecule has 0 saturated carbocycles. The summed E-state index contributed by atoms with van der Waals surface area (Å²) in [7, 11) is 0. The largest absolute Gasteiger partial charge is 0.381 e. The first-order chi connectivity index (χ1) is 9.40. The lowest BCUT2D eigenvalue weighted by Gasteiger charge is -2.35. The number of hydrogen-bond donors (Lipinski definition) is 1. The number of rotatable bonds is 4. The van der Waals surface area contributed by atoms with Gasteiger partial charge in [0.2, 0.25) is 0 Å². The van der Waals surface area contributed by atoms with Crippen LogP contribution in [0.4, 0.5) is 0 Å². The van der Waals surface area contributed by atoms with Gasteiger partial charge in [-0.2, -0.15) is 0 Å². The Bertz CT molecular complexity index is 417. The predicted octanol–water partition coefficient (Wildman–Crippen LogP) is 3.28. The number of thioether (sulfide) groups is 1. The van der Waals surface area contributed by atoms with Crippen LogP contribution in [0.25, 0.3) is 0 Å². The molecule has 0 aliphatic carbocycles. The van der Waals surface area contributed by atoms with Crippen LogP contribution >= 0.6 is 11.8 Å². The molecule has 1 fully saturated rings. The van der Waals surface area contributed by atoms with E-state index in [0.29, 0.717) is 12.0 Å². The maximum absolute atomic E-state index is 5.53. The Morgan fingerprint density at radius 1 is 1.32 bits per heavy atom. The number of fused-ring (bicyclic) bond motifs is 1. The van der Waals surface area contributed by atoms with Crippen LogP contribution in [-0.2, 0) is 4.74 Å². The van der Waals surface area contributed by atoms with Crippen LogP contribution in [0.1, 0.15) is 31.2 Å². The predicted molar refractivity (Wildman–Crippen MR) is 80.9 cm³/mol. The molecule has 19 heavy (non-hydrogen) atoms. The van der Waals surface area contributed by atoms with Gasteiger partial charge in [-0.3, -0.25) is 0 Å². The van der Waals surface area contributed by atoms with Crippen molar-refractivity contribution in [2.24, 2.45) is 5.92 Å². The molecule has 0 amide bonds. The van der Waals surface area contributed by atoms with E-state index in [1.807, 2.05) is 11.8 Å². The summed E-state index contributed by atoms with van der Waals surface area (Å²) in [6.07, 6.45) is 2.42. The number of ether oxygens (including phenoxy) is 1. The maximum atomic E-state index is 5.53. The van der Waals surface area contributed by atoms with Gasteiger partial charge in [0, 0.05) is 35.8 Å². The Morgan fingerprint density at radius 3 is 2.89 bits per heavy atom. The van der Waals surface area contributed by atoms with E-state index < -0.39 is 0 Å². The minimum atomic E-state index is 0.616. The van der Waals surface area contributed by atoms with Gasteiger partial charge >= 0.3 is 0 Å². The third-order valence-corrected chi connectivity index (χ3v) is 5.59. The fourth-order valence-corrected chi connectivity index (χ4v) is 4.74. The van der Waals surface area contributed by atoms with Gasteiger partial charge in [-0.05, 0) is 36.9 Å². The molecule has 1 aromatic rings. The van der Waals surface area contributed by atoms with Gasteiger partial charge in [-0.25, -0.2) is 0 Å². The molecule has 1 saturated heterocycles. The van der Waals surface area contributed by atoms with Crippen molar-refractivity contribution in [2.45, 2.75) is 36.6 Å². The van der Waals surface area contributed by atoms with E-state index in [9.17, 15) is 0 Å². The van der Waals surface area contributed by atoms with E-state index in [-0.39, 0.29) is 0 Å². The van der Waals surface area contributed by atoms with Crippen LogP contribution in [0.5, 0.6) is 0 Å². The molecule has 0 radical (unpaired) electrons. The Hall–Kier alpha value is -0.510. The quantitative estimate of drug-likeness (QED) is 0.912. The average Bonchev–Trinajstić information content (AvgIpc) is 2.89. The molecular formula is C16H23NOS. The Morgan fingerprint density at radius 2 is 2.11 bits per heavy atom. The van der Waals surface area contributed by atoms with Gasteiger partial charge < -0.3 is 10.1 Å². The molecular weight excluding hydrogens is 254 g/mol. The second-order valence-electron chi connectivity index (χ2n) is 5.49. The van der Waals surface area contributed by atoms with Crippen LogP contribution in [0.2, 0.25) is 0 Å². The summed E-state index contributed by atoms with van der Waals surface area (Å²) in [4.78, 5) is 1.49. The molecule has 2 aliphatic rings. The molecule has 2 atom stereocenters. The molecule has 2 aliphatic heterocycles. The highest BCUT2D eigenvalue weighted by Crippen LogP contribution is 2.43. The summed E-state index contributed by atoms with van der Waals surface area (Å²) in [5, 5.41) is 3.77. The standard InChI is InChI=1S/C16H23NOS/c1-2-17-16(12-7-9-18-10-8-12)14-11-19-15-6-4-3-5-13(14)15/h3-6,12,14,16-17H,2,7-11H2,1H3. The smallest absolute Gasteiger partial charge is 0.0469 e. The van der Waals surface area contributed by atoms with Gasteiger partial charge in [0.05, 0.1) is 0 Å². The minimum Gasteiger partial charge on any atom is -0.381 e. The highest BCUT2D eigenvalue weighted by Gasteiger charge is 2.35. The third kappa shape index (κ3) is 2.83. The lowest BCUT2D eigenvalue weighted by atomic mass is 9.81. The van der Waals surface area contributed by atoms with Crippen LogP contribution in [0.15, 0.2) is 29.2 Å². The molecule has 3 rings (SSSR count). The normalized spacial score (nSPS) is 25.2. The molecule has 2 heterocycles. The first-order valence-corrected chi connectivity index (χ1v) is 8.41. The van der Waals surface area contributed by atoms with E-state index in [0.717, 1.165) is 25.7 Å². The lowest BCUT2D eigenvalue weighted by molar-refractivity contribution is 0.0511. The Kier molecular flexibility index (Phi) is 4.46. The van der Waals surface area contributed by atoms with Crippen molar-refractivity contribution in [3.8, 4) is 0 Å². The van der Waals surface area contributed by atoms with Gasteiger partial charge in [-0.1, -0.05) is 25.1 Å². The molecule has 1 aromatic carbocycles. The first kappa shape index (κ1) is 13.5. The Labute approximate surface area is 120 Å². The van der Waals surface area contributed by atoms with Crippen molar-refractivity contribution >= 4 is 11.8 Å². The van der Waals surface area contributed by atoms with Crippen molar-refractivity contribution in [3.63, 3.8) is 0 Å². The molecule has 2 nitrogen and oxygen atoms in total. The fourth-order valence-electron chi connectivity index (χ4n) is 3.43. The van der Waals surface area contributed by atoms with Gasteiger partial charge in [-0.15, -0.1) is 11.8 Å². The lowest BCUT2D eigenvalue weighted by Crippen LogP contribution is -2.43. The van der Waals surface area contributed by atoms with Crippen molar-refractivity contribution in [2.75, 3.05) is 25.5 Å². The molecule has 0 bridgehead atoms. The van der Waals surface area contributed by atoms with Crippen LogP contribution < -0.4 is 5.32 Å². The number of nitrogens with one attached hydrogen (secondary N) is 1. The highest BCUT2D eigenvalue weighted by molar-refractivity contribution is 7.99. The minimum absolute atomic E-state index is 0.616. The summed E-state index contributed by atoms with van der Waals surface area (Å²) >= 11 is 2.02. The first-order valence-electron chi connectivity index (χ1n) is 7.43. The van der Waals surface area contributed by atoms with Gasteiger partial charge in [0.15, 0.2) is 0 Å². The number of benzene rings is 1. The molecule has 3 heteroatoms. The van der Waals surface area contributed by atoms with Crippen LogP contribution in [0.3, 0.4) is 0 Å². The Balaban J connectivity index is 1.80. The van der Waals surface area contributed by atoms with Crippen LogP contribution in [-0.4, -0.2) is 31.6 Å². The molecule has 1 N–H and O–H groups in total. The number of hydrogen-bond acceptors (Lipinski definition) is 3. The zero-order valence-electron chi connectivity index (χ0n) is 11.6. The maximum Gasteiger partial charge on any atom is 0.0469 e. The topological polar surface area (TPSA) is 21.3 Å². The van der Waals surface area contributed by atoms with E-state index in [1.54, 1.807) is 5.56 Å². The summed E-state index contributed by atoms with van der Waals surface area (Å²) in [5.41, 5.74) is 1.56. The second kappa shape index (κ2) is 6.29. The van der Waals surface area contributed by atoms with Gasteiger partial charge in [0.1, 0.15) is 0 Å². The summed E-state index contributed by atoms with van der Waals surface area (Å²) in [6, 6.07) is 9.55. The molecule has 0 aromatic heterocycles. The summed E-state index contributed by atoms with van der Waals surface area (Å²) < 4.78 is 5.53. The third-order valence-electron chi connectivity index (χ3n) is 4.38. The van der Waals surface area contributed by atoms with Crippen molar-refractivity contribution in [3.05, 3.63) is 29.8 Å². The highest BCUT2D eigenvalue weighted by atomic mass is 32.2. The fraction of sp³-hybridized carbons (Fsp3) is 0.625. The SMILES string of the molecule is CCNC(C1CCOCC1)C1CSc2ccccc21. The molecule has 104 valence electrons. The number of likely N-dealkylation sites (N-methyl/N-ethyl adjacent to an activating group) is 1. The van der Waals surface area contributed by atoms with Crippen molar-refractivity contribution in [1.29, 1.82) is 0 Å². The monoisotopic (exact) mass is 277 g/mol. The van der Waals surface area contributed by atoms with Crippen molar-refractivity contribution in [1.82, 2.24) is 5.32 Å². The van der Waals surface area contributed by atoms with Gasteiger partial charge in [0.25, 0.3) is 0 Å². The second-order valence-corrected chi connectivity index (χ2v) is 6.55. The van der Waals surface area contributed by atoms with E-state index in [2.05, 4.69) is 36.5 Å².